The van der Waals surface area contributed by atoms with Gasteiger partial charge in [0.05, 0.1) is 6.10 Å². The number of benzene rings is 1. The highest BCUT2D eigenvalue weighted by atomic mass is 127. The van der Waals surface area contributed by atoms with E-state index in [4.69, 9.17) is 4.74 Å². The molecule has 1 fully saturated rings. The van der Waals surface area contributed by atoms with Crippen molar-refractivity contribution in [2.24, 2.45) is 0 Å². The zero-order chi connectivity index (χ0) is 9.10. The third-order valence-corrected chi connectivity index (χ3v) is 3.46. The maximum Gasteiger partial charge on any atom is 0.0733 e. The van der Waals surface area contributed by atoms with Crippen molar-refractivity contribution in [3.05, 3.63) is 35.9 Å². The van der Waals surface area contributed by atoms with Crippen LogP contribution >= 0.6 is 22.6 Å². The van der Waals surface area contributed by atoms with Crippen molar-refractivity contribution in [2.75, 3.05) is 11.0 Å². The van der Waals surface area contributed by atoms with E-state index in [-0.39, 0.29) is 0 Å². The van der Waals surface area contributed by atoms with Crippen LogP contribution in [0.25, 0.3) is 0 Å². The molecular weight excluding hydrogens is 275 g/mol. The second-order valence-corrected chi connectivity index (χ2v) is 4.25. The van der Waals surface area contributed by atoms with Gasteiger partial charge in [-0.2, -0.15) is 0 Å². The number of hydrogen-bond acceptors (Lipinski definition) is 1. The molecule has 1 aliphatic heterocycles. The molecule has 1 aromatic rings. The number of alkyl halides is 1. The highest BCUT2D eigenvalue weighted by Gasteiger charge is 2.28. The summed E-state index contributed by atoms with van der Waals surface area (Å²) in [6, 6.07) is 10.7. The Morgan fingerprint density at radius 1 is 1.31 bits per heavy atom. The fourth-order valence-electron chi connectivity index (χ4n) is 1.88. The van der Waals surface area contributed by atoms with E-state index in [1.807, 2.05) is 0 Å². The van der Waals surface area contributed by atoms with Gasteiger partial charge in [-0.1, -0.05) is 52.9 Å². The Balaban J connectivity index is 2.16. The third-order valence-electron chi connectivity index (χ3n) is 2.59. The Morgan fingerprint density at radius 3 is 2.77 bits per heavy atom. The number of rotatable bonds is 2. The minimum Gasteiger partial charge on any atom is -0.377 e. The van der Waals surface area contributed by atoms with Crippen LogP contribution in [0.5, 0.6) is 0 Å². The second kappa shape index (κ2) is 4.42. The summed E-state index contributed by atoms with van der Waals surface area (Å²) in [4.78, 5) is 0. The third kappa shape index (κ3) is 2.05. The molecule has 2 unspecified atom stereocenters. The van der Waals surface area contributed by atoms with Crippen molar-refractivity contribution in [3.8, 4) is 0 Å². The summed E-state index contributed by atoms with van der Waals surface area (Å²) in [5.74, 6) is 0.623. The summed E-state index contributed by atoms with van der Waals surface area (Å²) in [5, 5.41) is 0. The molecule has 0 aliphatic carbocycles. The molecule has 2 rings (SSSR count). The Kier molecular flexibility index (Phi) is 3.22. The second-order valence-electron chi connectivity index (χ2n) is 3.37. The molecule has 1 nitrogen and oxygen atoms in total. The molecule has 0 saturated carbocycles. The SMILES string of the molecule is ICC1OCCC1c1ccccc1. The number of halogens is 1. The van der Waals surface area contributed by atoms with Gasteiger partial charge in [-0.15, -0.1) is 0 Å². The van der Waals surface area contributed by atoms with Crippen LogP contribution in [0.1, 0.15) is 17.9 Å². The van der Waals surface area contributed by atoms with Crippen LogP contribution in [0.4, 0.5) is 0 Å². The molecule has 1 aliphatic rings. The molecule has 1 aromatic carbocycles. The van der Waals surface area contributed by atoms with Gasteiger partial charge in [0.1, 0.15) is 0 Å². The topological polar surface area (TPSA) is 9.23 Å². The van der Waals surface area contributed by atoms with Gasteiger partial charge < -0.3 is 4.74 Å². The molecule has 1 heterocycles. The molecule has 0 radical (unpaired) electrons. The molecule has 1 saturated heterocycles. The van der Waals surface area contributed by atoms with Gasteiger partial charge in [0.25, 0.3) is 0 Å². The van der Waals surface area contributed by atoms with Crippen molar-refractivity contribution in [1.82, 2.24) is 0 Å². The summed E-state index contributed by atoms with van der Waals surface area (Å²) in [7, 11) is 0. The van der Waals surface area contributed by atoms with Crippen molar-refractivity contribution in [1.29, 1.82) is 0 Å². The predicted octanol–water partition coefficient (Wildman–Crippen LogP) is 2.99. The van der Waals surface area contributed by atoms with Crippen LogP contribution in [0.15, 0.2) is 30.3 Å². The zero-order valence-corrected chi connectivity index (χ0v) is 9.61. The predicted molar refractivity (Wildman–Crippen MR) is 62.4 cm³/mol. The zero-order valence-electron chi connectivity index (χ0n) is 7.45. The Bertz CT molecular complexity index is 260. The minimum atomic E-state index is 0.433. The largest absolute Gasteiger partial charge is 0.377 e. The van der Waals surface area contributed by atoms with Crippen molar-refractivity contribution < 1.29 is 4.74 Å². The highest BCUT2D eigenvalue weighted by Crippen LogP contribution is 2.31. The average molecular weight is 288 g/mol. The highest BCUT2D eigenvalue weighted by molar-refractivity contribution is 14.1. The smallest absolute Gasteiger partial charge is 0.0733 e. The molecule has 0 bridgehead atoms. The number of ether oxygens (including phenoxy) is 1. The lowest BCUT2D eigenvalue weighted by Crippen LogP contribution is -2.15. The van der Waals surface area contributed by atoms with Crippen LogP contribution in [0.2, 0.25) is 0 Å². The first-order chi connectivity index (χ1) is 6.42. The van der Waals surface area contributed by atoms with Gasteiger partial charge in [-0.25, -0.2) is 0 Å². The normalized spacial score (nSPS) is 27.8. The summed E-state index contributed by atoms with van der Waals surface area (Å²) in [6.45, 7) is 0.924. The van der Waals surface area contributed by atoms with Gasteiger partial charge >= 0.3 is 0 Å². The van der Waals surface area contributed by atoms with Crippen LogP contribution in [-0.4, -0.2) is 17.1 Å². The molecule has 70 valence electrons. The lowest BCUT2D eigenvalue weighted by Gasteiger charge is -2.15. The minimum absolute atomic E-state index is 0.433. The standard InChI is InChI=1S/C11H13IO/c12-8-11-10(6-7-13-11)9-4-2-1-3-5-9/h1-5,10-11H,6-8H2. The van der Waals surface area contributed by atoms with E-state index < -0.39 is 0 Å². The maximum atomic E-state index is 5.66. The first-order valence-electron chi connectivity index (χ1n) is 4.64. The van der Waals surface area contributed by atoms with Gasteiger partial charge in [-0.05, 0) is 12.0 Å². The van der Waals surface area contributed by atoms with E-state index >= 15 is 0 Å². The molecule has 0 aromatic heterocycles. The Labute approximate surface area is 92.6 Å². The molecule has 0 spiro atoms. The van der Waals surface area contributed by atoms with Gasteiger partial charge in [0, 0.05) is 17.0 Å². The van der Waals surface area contributed by atoms with E-state index in [1.54, 1.807) is 0 Å². The van der Waals surface area contributed by atoms with E-state index in [9.17, 15) is 0 Å². The lowest BCUT2D eigenvalue weighted by molar-refractivity contribution is 0.124. The van der Waals surface area contributed by atoms with Gasteiger partial charge in [0.15, 0.2) is 0 Å². The van der Waals surface area contributed by atoms with E-state index in [1.165, 1.54) is 12.0 Å². The summed E-state index contributed by atoms with van der Waals surface area (Å²) in [6.07, 6.45) is 1.61. The average Bonchev–Trinajstić information content (AvgIpc) is 2.67. The fraction of sp³-hybridized carbons (Fsp3) is 0.455. The van der Waals surface area contributed by atoms with Gasteiger partial charge in [-0.3, -0.25) is 0 Å². The van der Waals surface area contributed by atoms with E-state index in [0.29, 0.717) is 12.0 Å². The van der Waals surface area contributed by atoms with Crippen LogP contribution in [-0.2, 0) is 4.74 Å². The van der Waals surface area contributed by atoms with Gasteiger partial charge in [0.2, 0.25) is 0 Å². The van der Waals surface area contributed by atoms with E-state index in [0.717, 1.165) is 11.0 Å². The molecule has 13 heavy (non-hydrogen) atoms. The molecular formula is C11H13IO. The monoisotopic (exact) mass is 288 g/mol. The van der Waals surface area contributed by atoms with Crippen LogP contribution < -0.4 is 0 Å². The van der Waals surface area contributed by atoms with Crippen LogP contribution in [0, 0.1) is 0 Å². The van der Waals surface area contributed by atoms with Crippen molar-refractivity contribution >= 4 is 22.6 Å². The molecule has 0 amide bonds. The summed E-state index contributed by atoms with van der Waals surface area (Å²) >= 11 is 2.41. The molecule has 2 heteroatoms. The molecule has 2 atom stereocenters. The first-order valence-corrected chi connectivity index (χ1v) is 6.17. The fourth-order valence-corrected chi connectivity index (χ4v) is 2.75. The summed E-state index contributed by atoms with van der Waals surface area (Å²) < 4.78 is 6.76. The Hall–Kier alpha value is -0.0900. The lowest BCUT2D eigenvalue weighted by atomic mass is 9.94. The quantitative estimate of drug-likeness (QED) is 0.600. The van der Waals surface area contributed by atoms with Crippen molar-refractivity contribution in [3.63, 3.8) is 0 Å². The van der Waals surface area contributed by atoms with Crippen molar-refractivity contribution in [2.45, 2.75) is 18.4 Å². The number of hydrogen-bond donors (Lipinski definition) is 0. The van der Waals surface area contributed by atoms with E-state index in [2.05, 4.69) is 52.9 Å². The maximum absolute atomic E-state index is 5.66. The molecule has 0 N–H and O–H groups in total. The Morgan fingerprint density at radius 2 is 2.08 bits per heavy atom. The summed E-state index contributed by atoms with van der Waals surface area (Å²) in [5.41, 5.74) is 1.43. The first kappa shape index (κ1) is 9.46. The van der Waals surface area contributed by atoms with Crippen LogP contribution in [0.3, 0.4) is 0 Å².